The Labute approximate surface area is 94.8 Å². The van der Waals surface area contributed by atoms with Crippen molar-refractivity contribution < 1.29 is 27.0 Å². The van der Waals surface area contributed by atoms with E-state index in [1.165, 1.54) is 0 Å². The number of sulfonamides is 2. The van der Waals surface area contributed by atoms with Crippen LogP contribution in [0.5, 0.6) is 0 Å². The summed E-state index contributed by atoms with van der Waals surface area (Å²) < 4.78 is 48.0. The van der Waals surface area contributed by atoms with E-state index in [1.807, 2.05) is 9.44 Å². The molecule has 0 fully saturated rings. The van der Waals surface area contributed by atoms with Crippen molar-refractivity contribution in [3.8, 4) is 0 Å². The van der Waals surface area contributed by atoms with E-state index < -0.39 is 38.4 Å². The minimum absolute atomic E-state index is 0.174. The van der Waals surface area contributed by atoms with Crippen LogP contribution in [0.1, 0.15) is 0 Å². The average molecular weight is 275 g/mol. The first-order valence-electron chi connectivity index (χ1n) is 4.34. The minimum Gasteiger partial charge on any atom is -0.395 e. The van der Waals surface area contributed by atoms with E-state index in [0.29, 0.717) is 0 Å². The van der Waals surface area contributed by atoms with Gasteiger partial charge in [-0.1, -0.05) is 0 Å². The molecule has 0 spiro atoms. The molecule has 0 rings (SSSR count). The second kappa shape index (κ2) is 6.47. The van der Waals surface area contributed by atoms with Crippen LogP contribution in [0, 0.1) is 0 Å². The maximum atomic E-state index is 11.2. The fourth-order valence-electron chi connectivity index (χ4n) is 0.944. The third kappa shape index (κ3) is 7.96. The van der Waals surface area contributed by atoms with Gasteiger partial charge in [0.2, 0.25) is 20.0 Å². The molecule has 16 heavy (non-hydrogen) atoms. The second-order valence-corrected chi connectivity index (χ2v) is 6.78. The van der Waals surface area contributed by atoms with E-state index in [-0.39, 0.29) is 13.2 Å². The van der Waals surface area contributed by atoms with Gasteiger partial charge in [0.1, 0.15) is 0 Å². The first kappa shape index (κ1) is 15.7. The maximum absolute atomic E-state index is 11.2. The summed E-state index contributed by atoms with van der Waals surface area (Å²) in [6.07, 6.45) is 0.837. The molecule has 3 N–H and O–H groups in total. The molecule has 0 aliphatic carbocycles. The van der Waals surface area contributed by atoms with Crippen molar-refractivity contribution >= 4 is 20.0 Å². The topological polar surface area (TPSA) is 132 Å². The smallest absolute Gasteiger partial charge is 0.213 e. The van der Waals surface area contributed by atoms with E-state index >= 15 is 0 Å². The summed E-state index contributed by atoms with van der Waals surface area (Å²) in [4.78, 5) is 0. The predicted octanol–water partition coefficient (Wildman–Crippen LogP) is -2.75. The van der Waals surface area contributed by atoms with Crippen LogP contribution in [0.25, 0.3) is 0 Å². The first-order valence-corrected chi connectivity index (χ1v) is 7.88. The monoisotopic (exact) mass is 275 g/mol. The quantitative estimate of drug-likeness (QED) is 0.441. The third-order valence-corrected chi connectivity index (χ3v) is 3.68. The molecular formula is C6H15N2O6S2. The van der Waals surface area contributed by atoms with E-state index in [2.05, 4.69) is 0 Å². The number of nitrogens with one attached hydrogen (secondary N) is 2. The molecule has 1 radical (unpaired) electrons. The number of rotatable bonds is 8. The summed E-state index contributed by atoms with van der Waals surface area (Å²) in [6, 6.07) is -1.22. The molecule has 0 saturated heterocycles. The fraction of sp³-hybridized carbons (Fsp3) is 1.00. The lowest BCUT2D eigenvalue weighted by molar-refractivity contribution is 0.173. The Hall–Kier alpha value is -0.260. The van der Waals surface area contributed by atoms with Crippen LogP contribution in [0.2, 0.25) is 0 Å². The van der Waals surface area contributed by atoms with Crippen LogP contribution >= 0.6 is 0 Å². The van der Waals surface area contributed by atoms with E-state index in [0.717, 1.165) is 6.26 Å². The van der Waals surface area contributed by atoms with Gasteiger partial charge >= 0.3 is 0 Å². The average Bonchev–Trinajstić information content (AvgIpc) is 2.11. The van der Waals surface area contributed by atoms with Crippen LogP contribution in [0.3, 0.4) is 0 Å². The summed E-state index contributed by atoms with van der Waals surface area (Å²) in [6.45, 7) is -1.43. The van der Waals surface area contributed by atoms with Gasteiger partial charge in [-0.25, -0.2) is 31.4 Å². The molecule has 0 saturated carbocycles. The lowest BCUT2D eigenvalue weighted by Gasteiger charge is -2.14. The highest BCUT2D eigenvalue weighted by Gasteiger charge is 2.21. The molecule has 0 aromatic rings. The zero-order chi connectivity index (χ0) is 12.8. The van der Waals surface area contributed by atoms with Gasteiger partial charge in [-0.05, 0) is 0 Å². The molecule has 0 aromatic carbocycles. The summed E-state index contributed by atoms with van der Waals surface area (Å²) in [5.74, 6) is -0.649. The standard InChI is InChI=1S/C6H15N2O6S2/c1-15(11,12)8-6(4-10)5-16(13,14)7-2-3-9/h6-9H,2-5H2,1H3. The SMILES string of the molecule is CS(=O)(=O)NC(C[O])CS(=O)(=O)NCCO. The van der Waals surface area contributed by atoms with Crippen molar-refractivity contribution in [2.75, 3.05) is 31.8 Å². The fourth-order valence-corrected chi connectivity index (χ4v) is 3.04. The van der Waals surface area contributed by atoms with Crippen LogP contribution in [-0.4, -0.2) is 59.8 Å². The van der Waals surface area contributed by atoms with Crippen molar-refractivity contribution in [2.45, 2.75) is 6.04 Å². The van der Waals surface area contributed by atoms with Gasteiger partial charge in [-0.3, -0.25) is 0 Å². The Bertz CT molecular complexity index is 389. The van der Waals surface area contributed by atoms with Crippen molar-refractivity contribution in [3.63, 3.8) is 0 Å². The summed E-state index contributed by atoms with van der Waals surface area (Å²) in [7, 11) is -7.38. The summed E-state index contributed by atoms with van der Waals surface area (Å²) in [5, 5.41) is 19.0. The van der Waals surface area contributed by atoms with Crippen molar-refractivity contribution in [1.82, 2.24) is 9.44 Å². The highest BCUT2D eigenvalue weighted by atomic mass is 32.2. The molecular weight excluding hydrogens is 260 g/mol. The van der Waals surface area contributed by atoms with E-state index in [4.69, 9.17) is 5.11 Å². The van der Waals surface area contributed by atoms with Crippen molar-refractivity contribution in [1.29, 1.82) is 0 Å². The molecule has 97 valence electrons. The Morgan fingerprint density at radius 2 is 1.81 bits per heavy atom. The number of aliphatic hydroxyl groups excluding tert-OH is 1. The number of aliphatic hydroxyl groups is 1. The molecule has 0 aromatic heterocycles. The Balaban J connectivity index is 4.43. The zero-order valence-electron chi connectivity index (χ0n) is 8.71. The molecule has 1 unspecified atom stereocenters. The molecule has 10 heteroatoms. The van der Waals surface area contributed by atoms with Gasteiger partial charge in [0.15, 0.2) is 0 Å². The maximum Gasteiger partial charge on any atom is 0.213 e. The Kier molecular flexibility index (Phi) is 6.36. The van der Waals surface area contributed by atoms with Crippen LogP contribution < -0.4 is 9.44 Å². The molecule has 0 aliphatic heterocycles. The van der Waals surface area contributed by atoms with Gasteiger partial charge in [-0.2, -0.15) is 0 Å². The Morgan fingerprint density at radius 1 is 1.25 bits per heavy atom. The van der Waals surface area contributed by atoms with E-state index in [1.54, 1.807) is 0 Å². The zero-order valence-corrected chi connectivity index (χ0v) is 10.3. The first-order chi connectivity index (χ1) is 7.20. The molecule has 8 nitrogen and oxygen atoms in total. The van der Waals surface area contributed by atoms with Gasteiger partial charge in [0.05, 0.1) is 31.3 Å². The second-order valence-electron chi connectivity index (χ2n) is 3.15. The molecule has 0 aliphatic rings. The largest absolute Gasteiger partial charge is 0.395 e. The molecule has 1 atom stereocenters. The lowest BCUT2D eigenvalue weighted by atomic mass is 10.4. The van der Waals surface area contributed by atoms with Crippen LogP contribution in [0.4, 0.5) is 0 Å². The normalized spacial score (nSPS) is 14.9. The van der Waals surface area contributed by atoms with Gasteiger partial charge < -0.3 is 5.11 Å². The molecule has 0 bridgehead atoms. The van der Waals surface area contributed by atoms with Crippen LogP contribution in [0.15, 0.2) is 0 Å². The third-order valence-electron chi connectivity index (χ3n) is 1.44. The van der Waals surface area contributed by atoms with Crippen molar-refractivity contribution in [3.05, 3.63) is 0 Å². The van der Waals surface area contributed by atoms with Gasteiger partial charge in [-0.15, -0.1) is 0 Å². The predicted molar refractivity (Wildman–Crippen MR) is 56.2 cm³/mol. The number of hydrogen-bond acceptors (Lipinski definition) is 5. The Morgan fingerprint density at radius 3 is 2.19 bits per heavy atom. The molecule has 0 heterocycles. The van der Waals surface area contributed by atoms with E-state index in [9.17, 15) is 21.9 Å². The number of hydrogen-bond donors (Lipinski definition) is 3. The molecule has 0 amide bonds. The summed E-state index contributed by atoms with van der Waals surface area (Å²) >= 11 is 0. The summed E-state index contributed by atoms with van der Waals surface area (Å²) in [5.41, 5.74) is 0. The highest BCUT2D eigenvalue weighted by Crippen LogP contribution is 1.93. The van der Waals surface area contributed by atoms with Gasteiger partial charge in [0.25, 0.3) is 0 Å². The van der Waals surface area contributed by atoms with Gasteiger partial charge in [0, 0.05) is 6.54 Å². The lowest BCUT2D eigenvalue weighted by Crippen LogP contribution is -2.44. The highest BCUT2D eigenvalue weighted by molar-refractivity contribution is 7.90. The van der Waals surface area contributed by atoms with Crippen LogP contribution in [-0.2, 0) is 25.2 Å². The van der Waals surface area contributed by atoms with Crippen molar-refractivity contribution in [2.24, 2.45) is 0 Å². The minimum atomic E-state index is -3.76.